The Morgan fingerprint density at radius 1 is 0.939 bits per heavy atom. The van der Waals surface area contributed by atoms with Crippen LogP contribution in [0.4, 0.5) is 39.8 Å². The predicted octanol–water partition coefficient (Wildman–Crippen LogP) is 4.98. The third-order valence-electron chi connectivity index (χ3n) is 5.34. The van der Waals surface area contributed by atoms with E-state index < -0.39 is 17.8 Å². The van der Waals surface area contributed by atoms with Crippen molar-refractivity contribution in [3.63, 3.8) is 0 Å². The van der Waals surface area contributed by atoms with Crippen LogP contribution in [0.2, 0.25) is 0 Å². The standard InChI is InChI=1S/C23H28F3N5O2/c1-2-3-12-27-22(33)31-15-13-30(14-16-31)18-10-8-17(9-11-18)28-21(32)29-20-7-5-4-6-19(20)23(24,25)26/h4-11H,2-3,12-16H2,1H3,(H,27,33)(H2,28,29,32). The highest BCUT2D eigenvalue weighted by molar-refractivity contribution is 6.00. The Balaban J connectivity index is 1.51. The summed E-state index contributed by atoms with van der Waals surface area (Å²) >= 11 is 0. The van der Waals surface area contributed by atoms with Crippen molar-refractivity contribution in [2.45, 2.75) is 25.9 Å². The molecule has 33 heavy (non-hydrogen) atoms. The van der Waals surface area contributed by atoms with Gasteiger partial charge in [-0.25, -0.2) is 9.59 Å². The monoisotopic (exact) mass is 463 g/mol. The minimum Gasteiger partial charge on any atom is -0.368 e. The van der Waals surface area contributed by atoms with Crippen LogP contribution in [0.25, 0.3) is 0 Å². The number of hydrogen-bond acceptors (Lipinski definition) is 3. The third-order valence-corrected chi connectivity index (χ3v) is 5.34. The van der Waals surface area contributed by atoms with E-state index in [1.165, 1.54) is 18.2 Å². The van der Waals surface area contributed by atoms with Crippen LogP contribution in [-0.4, -0.2) is 49.7 Å². The van der Waals surface area contributed by atoms with Crippen molar-refractivity contribution in [3.05, 3.63) is 54.1 Å². The van der Waals surface area contributed by atoms with Crippen LogP contribution in [0.1, 0.15) is 25.3 Å². The highest BCUT2D eigenvalue weighted by atomic mass is 19.4. The molecule has 1 fully saturated rings. The quantitative estimate of drug-likeness (QED) is 0.529. The Bertz CT molecular complexity index is 942. The topological polar surface area (TPSA) is 76.7 Å². The van der Waals surface area contributed by atoms with E-state index >= 15 is 0 Å². The summed E-state index contributed by atoms with van der Waals surface area (Å²) in [4.78, 5) is 28.3. The molecule has 1 saturated heterocycles. The van der Waals surface area contributed by atoms with Crippen molar-refractivity contribution >= 4 is 29.1 Å². The molecule has 2 aromatic rings. The molecule has 0 aliphatic carbocycles. The van der Waals surface area contributed by atoms with E-state index in [-0.39, 0.29) is 11.7 Å². The van der Waals surface area contributed by atoms with Gasteiger partial charge in [0.25, 0.3) is 0 Å². The van der Waals surface area contributed by atoms with Crippen molar-refractivity contribution in [1.29, 1.82) is 0 Å². The molecule has 3 rings (SSSR count). The Hall–Kier alpha value is -3.43. The van der Waals surface area contributed by atoms with E-state index in [0.717, 1.165) is 24.6 Å². The lowest BCUT2D eigenvalue weighted by molar-refractivity contribution is -0.136. The van der Waals surface area contributed by atoms with Crippen LogP contribution >= 0.6 is 0 Å². The number of unbranched alkanes of at least 4 members (excludes halogenated alkanes) is 1. The number of nitrogens with zero attached hydrogens (tertiary/aromatic N) is 2. The van der Waals surface area contributed by atoms with Crippen LogP contribution in [0.3, 0.4) is 0 Å². The van der Waals surface area contributed by atoms with Gasteiger partial charge in [0.2, 0.25) is 0 Å². The van der Waals surface area contributed by atoms with E-state index in [4.69, 9.17) is 0 Å². The Morgan fingerprint density at radius 3 is 2.24 bits per heavy atom. The van der Waals surface area contributed by atoms with Gasteiger partial charge in [0.15, 0.2) is 0 Å². The van der Waals surface area contributed by atoms with E-state index in [1.807, 2.05) is 12.1 Å². The first-order chi connectivity index (χ1) is 15.8. The molecule has 0 radical (unpaired) electrons. The van der Waals surface area contributed by atoms with Gasteiger partial charge in [-0.05, 0) is 42.8 Å². The van der Waals surface area contributed by atoms with Crippen molar-refractivity contribution < 1.29 is 22.8 Å². The first kappa shape index (κ1) is 24.2. The molecule has 7 nitrogen and oxygen atoms in total. The molecular formula is C23H28F3N5O2. The number of nitrogens with one attached hydrogen (secondary N) is 3. The molecule has 1 aliphatic rings. The number of hydrogen-bond donors (Lipinski definition) is 3. The highest BCUT2D eigenvalue weighted by Gasteiger charge is 2.33. The van der Waals surface area contributed by atoms with Crippen molar-refractivity contribution in [2.75, 3.05) is 48.3 Å². The molecular weight excluding hydrogens is 435 g/mol. The van der Waals surface area contributed by atoms with E-state index in [0.29, 0.717) is 38.4 Å². The predicted molar refractivity (Wildman–Crippen MR) is 123 cm³/mol. The van der Waals surface area contributed by atoms with Crippen LogP contribution < -0.4 is 20.9 Å². The second-order valence-corrected chi connectivity index (χ2v) is 7.73. The minimum atomic E-state index is -4.56. The number of carbonyl (C=O) groups is 2. The van der Waals surface area contributed by atoms with Gasteiger partial charge in [-0.3, -0.25) is 0 Å². The molecule has 0 spiro atoms. The summed E-state index contributed by atoms with van der Waals surface area (Å²) < 4.78 is 39.3. The number of amides is 4. The molecule has 3 N–H and O–H groups in total. The minimum absolute atomic E-state index is 0.0410. The van der Waals surface area contributed by atoms with Crippen LogP contribution in [0.15, 0.2) is 48.5 Å². The fourth-order valence-electron chi connectivity index (χ4n) is 3.53. The number of urea groups is 2. The number of rotatable bonds is 6. The van der Waals surface area contributed by atoms with Gasteiger partial charge in [-0.1, -0.05) is 25.5 Å². The molecule has 178 valence electrons. The Morgan fingerprint density at radius 2 is 1.61 bits per heavy atom. The van der Waals surface area contributed by atoms with Crippen LogP contribution in [-0.2, 0) is 6.18 Å². The zero-order valence-corrected chi connectivity index (χ0v) is 18.4. The molecule has 2 aromatic carbocycles. The molecule has 1 aliphatic heterocycles. The second-order valence-electron chi connectivity index (χ2n) is 7.73. The maximum Gasteiger partial charge on any atom is 0.418 e. The lowest BCUT2D eigenvalue weighted by atomic mass is 10.1. The molecule has 4 amide bonds. The molecule has 1 heterocycles. The van der Waals surface area contributed by atoms with Gasteiger partial charge in [-0.15, -0.1) is 0 Å². The van der Waals surface area contributed by atoms with Crippen molar-refractivity contribution in [3.8, 4) is 0 Å². The Labute approximate surface area is 190 Å². The van der Waals surface area contributed by atoms with E-state index in [1.54, 1.807) is 17.0 Å². The molecule has 10 heteroatoms. The second kappa shape index (κ2) is 10.9. The first-order valence-electron chi connectivity index (χ1n) is 10.9. The van der Waals surface area contributed by atoms with Crippen molar-refractivity contribution in [1.82, 2.24) is 10.2 Å². The number of benzene rings is 2. The molecule has 0 saturated carbocycles. The normalized spacial score (nSPS) is 14.1. The zero-order valence-electron chi connectivity index (χ0n) is 18.4. The van der Waals surface area contributed by atoms with Crippen LogP contribution in [0.5, 0.6) is 0 Å². The third kappa shape index (κ3) is 6.77. The summed E-state index contributed by atoms with van der Waals surface area (Å²) in [6, 6.07) is 11.0. The molecule has 0 atom stereocenters. The number of carbonyl (C=O) groups excluding carboxylic acids is 2. The fourth-order valence-corrected chi connectivity index (χ4v) is 3.53. The zero-order chi connectivity index (χ0) is 23.8. The summed E-state index contributed by atoms with van der Waals surface area (Å²) in [7, 11) is 0. The summed E-state index contributed by atoms with van der Waals surface area (Å²) in [6.45, 7) is 5.34. The fraction of sp³-hybridized carbons (Fsp3) is 0.391. The molecule has 0 aromatic heterocycles. The van der Waals surface area contributed by atoms with Crippen LogP contribution in [0, 0.1) is 0 Å². The maximum atomic E-state index is 13.1. The van der Waals surface area contributed by atoms with Gasteiger partial charge >= 0.3 is 18.2 Å². The van der Waals surface area contributed by atoms with Gasteiger partial charge in [0.1, 0.15) is 0 Å². The maximum absolute atomic E-state index is 13.1. The van der Waals surface area contributed by atoms with Gasteiger partial charge in [0.05, 0.1) is 11.3 Å². The average Bonchev–Trinajstić information content (AvgIpc) is 2.79. The SMILES string of the molecule is CCCCNC(=O)N1CCN(c2ccc(NC(=O)Nc3ccccc3C(F)(F)F)cc2)CC1. The lowest BCUT2D eigenvalue weighted by Crippen LogP contribution is -2.52. The molecule has 0 unspecified atom stereocenters. The summed E-state index contributed by atoms with van der Waals surface area (Å²) in [5, 5.41) is 7.72. The average molecular weight is 464 g/mol. The number of alkyl halides is 3. The summed E-state index contributed by atoms with van der Waals surface area (Å²) in [6.07, 6.45) is -2.58. The number of para-hydroxylation sites is 1. The van der Waals surface area contributed by atoms with Gasteiger partial charge in [0, 0.05) is 44.1 Å². The highest BCUT2D eigenvalue weighted by Crippen LogP contribution is 2.34. The summed E-state index contributed by atoms with van der Waals surface area (Å²) in [5.41, 5.74) is 0.175. The van der Waals surface area contributed by atoms with Gasteiger partial charge in [-0.2, -0.15) is 13.2 Å². The summed E-state index contributed by atoms with van der Waals surface area (Å²) in [5.74, 6) is 0. The van der Waals surface area contributed by atoms with Gasteiger partial charge < -0.3 is 25.8 Å². The number of anilines is 3. The Kier molecular flexibility index (Phi) is 8.02. The lowest BCUT2D eigenvalue weighted by Gasteiger charge is -2.36. The van der Waals surface area contributed by atoms with E-state index in [9.17, 15) is 22.8 Å². The van der Waals surface area contributed by atoms with E-state index in [2.05, 4.69) is 27.8 Å². The van der Waals surface area contributed by atoms with Crippen molar-refractivity contribution in [2.24, 2.45) is 0 Å². The number of halogens is 3. The number of piperazine rings is 1. The first-order valence-corrected chi connectivity index (χ1v) is 10.9. The largest absolute Gasteiger partial charge is 0.418 e. The smallest absolute Gasteiger partial charge is 0.368 e. The molecule has 0 bridgehead atoms.